The van der Waals surface area contributed by atoms with Crippen LogP contribution in [0.15, 0.2) is 28.7 Å². The van der Waals surface area contributed by atoms with E-state index < -0.39 is 11.3 Å². The minimum Gasteiger partial charge on any atom is -0.205 e. The van der Waals surface area contributed by atoms with Crippen molar-refractivity contribution in [1.82, 2.24) is 0 Å². The first kappa shape index (κ1) is 9.60. The standard InChI is InChI=1S/C10H6BrF2N/c11-8-3-1-2-7(4-8)9(6-14)5-10(9,12)13/h1-4H,5H2/t9-/m0/s1. The van der Waals surface area contributed by atoms with Crippen molar-refractivity contribution in [2.45, 2.75) is 17.8 Å². The molecule has 0 spiro atoms. The van der Waals surface area contributed by atoms with Crippen LogP contribution >= 0.6 is 15.9 Å². The molecule has 0 aromatic heterocycles. The normalized spacial score (nSPS) is 28.1. The summed E-state index contributed by atoms with van der Waals surface area (Å²) in [5, 5.41) is 8.79. The molecule has 0 saturated heterocycles. The second kappa shape index (κ2) is 2.77. The highest BCUT2D eigenvalue weighted by molar-refractivity contribution is 9.10. The first-order valence-electron chi connectivity index (χ1n) is 4.07. The van der Waals surface area contributed by atoms with Gasteiger partial charge in [0.25, 0.3) is 5.92 Å². The lowest BCUT2D eigenvalue weighted by Gasteiger charge is -2.07. The van der Waals surface area contributed by atoms with E-state index in [0.717, 1.165) is 0 Å². The lowest BCUT2D eigenvalue weighted by Crippen LogP contribution is -2.13. The molecule has 0 aliphatic heterocycles. The van der Waals surface area contributed by atoms with Crippen molar-refractivity contribution in [3.05, 3.63) is 34.3 Å². The summed E-state index contributed by atoms with van der Waals surface area (Å²) in [6, 6.07) is 8.26. The zero-order chi connectivity index (χ0) is 10.4. The van der Waals surface area contributed by atoms with Gasteiger partial charge in [0.05, 0.1) is 6.07 Å². The number of rotatable bonds is 1. The maximum absolute atomic E-state index is 13.0. The van der Waals surface area contributed by atoms with E-state index in [1.165, 1.54) is 0 Å². The topological polar surface area (TPSA) is 23.8 Å². The quantitative estimate of drug-likeness (QED) is 0.758. The van der Waals surface area contributed by atoms with Gasteiger partial charge < -0.3 is 0 Å². The molecule has 0 heterocycles. The number of hydrogen-bond donors (Lipinski definition) is 0. The molecular formula is C10H6BrF2N. The maximum atomic E-state index is 13.0. The van der Waals surface area contributed by atoms with E-state index in [-0.39, 0.29) is 6.42 Å². The van der Waals surface area contributed by atoms with Crippen molar-refractivity contribution in [3.8, 4) is 6.07 Å². The molecule has 0 radical (unpaired) electrons. The van der Waals surface area contributed by atoms with Gasteiger partial charge in [-0.05, 0) is 17.7 Å². The maximum Gasteiger partial charge on any atom is 0.272 e. The molecule has 1 fully saturated rings. The molecule has 0 bridgehead atoms. The fourth-order valence-electron chi connectivity index (χ4n) is 1.54. The Kier molecular flexibility index (Phi) is 1.90. The Balaban J connectivity index is 2.47. The fourth-order valence-corrected chi connectivity index (χ4v) is 1.94. The van der Waals surface area contributed by atoms with Crippen LogP contribution in [0.4, 0.5) is 8.78 Å². The third-order valence-electron chi connectivity index (χ3n) is 2.49. The molecule has 1 aromatic rings. The zero-order valence-electron chi connectivity index (χ0n) is 7.10. The van der Waals surface area contributed by atoms with Gasteiger partial charge in [-0.25, -0.2) is 8.78 Å². The van der Waals surface area contributed by atoms with E-state index in [2.05, 4.69) is 15.9 Å². The van der Waals surface area contributed by atoms with Gasteiger partial charge in [-0.1, -0.05) is 28.1 Å². The van der Waals surface area contributed by atoms with Gasteiger partial charge >= 0.3 is 0 Å². The van der Waals surface area contributed by atoms with Crippen LogP contribution in [0.3, 0.4) is 0 Å². The summed E-state index contributed by atoms with van der Waals surface area (Å²) in [4.78, 5) is 0. The molecule has 1 atom stereocenters. The van der Waals surface area contributed by atoms with E-state index in [4.69, 9.17) is 5.26 Å². The molecule has 1 aliphatic rings. The van der Waals surface area contributed by atoms with E-state index in [1.54, 1.807) is 30.3 Å². The van der Waals surface area contributed by atoms with Crippen LogP contribution in [0, 0.1) is 11.3 Å². The Morgan fingerprint density at radius 2 is 2.07 bits per heavy atom. The number of nitrogens with zero attached hydrogens (tertiary/aromatic N) is 1. The van der Waals surface area contributed by atoms with Crippen molar-refractivity contribution in [2.75, 3.05) is 0 Å². The highest BCUT2D eigenvalue weighted by Crippen LogP contribution is 2.61. The average molecular weight is 258 g/mol. The first-order valence-corrected chi connectivity index (χ1v) is 4.86. The van der Waals surface area contributed by atoms with Gasteiger partial charge in [0.2, 0.25) is 0 Å². The molecule has 1 aromatic carbocycles. The first-order chi connectivity index (χ1) is 6.52. The summed E-state index contributed by atoms with van der Waals surface area (Å²) in [6.07, 6.45) is -0.368. The zero-order valence-corrected chi connectivity index (χ0v) is 8.68. The number of nitriles is 1. The molecule has 1 nitrogen and oxygen atoms in total. The molecule has 1 saturated carbocycles. The third kappa shape index (κ3) is 1.16. The summed E-state index contributed by atoms with van der Waals surface area (Å²) >= 11 is 3.19. The fraction of sp³-hybridized carbons (Fsp3) is 0.300. The Labute approximate surface area is 88.5 Å². The monoisotopic (exact) mass is 257 g/mol. The van der Waals surface area contributed by atoms with Crippen molar-refractivity contribution in [2.24, 2.45) is 0 Å². The van der Waals surface area contributed by atoms with E-state index in [1.807, 2.05) is 0 Å². The van der Waals surface area contributed by atoms with E-state index in [9.17, 15) is 8.78 Å². The van der Waals surface area contributed by atoms with Crippen LogP contribution in [0.1, 0.15) is 12.0 Å². The number of benzene rings is 1. The molecule has 72 valence electrons. The molecule has 0 unspecified atom stereocenters. The Morgan fingerprint density at radius 3 is 2.50 bits per heavy atom. The summed E-state index contributed by atoms with van der Waals surface area (Å²) in [6.45, 7) is 0. The van der Waals surface area contributed by atoms with Crippen molar-refractivity contribution in [3.63, 3.8) is 0 Å². The summed E-state index contributed by atoms with van der Waals surface area (Å²) in [5.74, 6) is -2.87. The molecular weight excluding hydrogens is 252 g/mol. The predicted molar refractivity (Wildman–Crippen MR) is 51.0 cm³/mol. The van der Waals surface area contributed by atoms with Crippen LogP contribution in [0.2, 0.25) is 0 Å². The highest BCUT2D eigenvalue weighted by Gasteiger charge is 2.73. The predicted octanol–water partition coefficient (Wildman–Crippen LogP) is 3.25. The van der Waals surface area contributed by atoms with Gasteiger partial charge in [0.15, 0.2) is 5.41 Å². The number of hydrogen-bond acceptors (Lipinski definition) is 1. The summed E-state index contributed by atoms with van der Waals surface area (Å²) in [5.41, 5.74) is -1.20. The van der Waals surface area contributed by atoms with Gasteiger partial charge in [-0.15, -0.1) is 0 Å². The van der Waals surface area contributed by atoms with Gasteiger partial charge in [-0.3, -0.25) is 0 Å². The SMILES string of the molecule is N#C[C@]1(c2cccc(Br)c2)CC1(F)F. The lowest BCUT2D eigenvalue weighted by atomic mass is 9.97. The van der Waals surface area contributed by atoms with Crippen LogP contribution < -0.4 is 0 Å². The molecule has 0 N–H and O–H groups in total. The van der Waals surface area contributed by atoms with Gasteiger partial charge in [0.1, 0.15) is 0 Å². The molecule has 2 rings (SSSR count). The number of alkyl halides is 2. The minimum atomic E-state index is -2.87. The smallest absolute Gasteiger partial charge is 0.205 e. The summed E-state index contributed by atoms with van der Waals surface area (Å²) in [7, 11) is 0. The van der Waals surface area contributed by atoms with Crippen LogP contribution in [0.5, 0.6) is 0 Å². The third-order valence-corrected chi connectivity index (χ3v) is 2.99. The van der Waals surface area contributed by atoms with E-state index >= 15 is 0 Å². The van der Waals surface area contributed by atoms with Gasteiger partial charge in [0, 0.05) is 10.9 Å². The Bertz CT molecular complexity index is 424. The van der Waals surface area contributed by atoms with Crippen molar-refractivity contribution >= 4 is 15.9 Å². The van der Waals surface area contributed by atoms with Gasteiger partial charge in [-0.2, -0.15) is 5.26 Å². The Morgan fingerprint density at radius 1 is 1.43 bits per heavy atom. The van der Waals surface area contributed by atoms with Crippen molar-refractivity contribution < 1.29 is 8.78 Å². The lowest BCUT2D eigenvalue weighted by molar-refractivity contribution is 0.0996. The highest BCUT2D eigenvalue weighted by atomic mass is 79.9. The minimum absolute atomic E-state index is 0.368. The number of halogens is 3. The Hall–Kier alpha value is -0.950. The molecule has 4 heteroatoms. The molecule has 1 aliphatic carbocycles. The second-order valence-electron chi connectivity index (χ2n) is 3.41. The van der Waals surface area contributed by atoms with Crippen molar-refractivity contribution in [1.29, 1.82) is 5.26 Å². The van der Waals surface area contributed by atoms with Crippen LogP contribution in [-0.4, -0.2) is 5.92 Å². The van der Waals surface area contributed by atoms with Crippen LogP contribution in [-0.2, 0) is 5.41 Å². The molecule has 14 heavy (non-hydrogen) atoms. The van der Waals surface area contributed by atoms with Crippen LogP contribution in [0.25, 0.3) is 0 Å². The molecule has 0 amide bonds. The summed E-state index contributed by atoms with van der Waals surface area (Å²) < 4.78 is 26.8. The second-order valence-corrected chi connectivity index (χ2v) is 4.32. The van der Waals surface area contributed by atoms with E-state index in [0.29, 0.717) is 10.0 Å². The average Bonchev–Trinajstić information content (AvgIpc) is 2.70. The largest absolute Gasteiger partial charge is 0.272 e.